The minimum atomic E-state index is -0.633. The Morgan fingerprint density at radius 2 is 1.65 bits per heavy atom. The Bertz CT molecular complexity index is 1520. The van der Waals surface area contributed by atoms with Crippen molar-refractivity contribution in [3.8, 4) is 17.2 Å². The molecule has 0 radical (unpaired) electrons. The van der Waals surface area contributed by atoms with Crippen LogP contribution < -0.4 is 24.8 Å². The standard InChI is InChI=1S/C32H33N3O5/c1-18-7-6-8-28(33-18)35-32(37)29-19(2)34-25-15-21(20-9-11-22(38-3)12-10-20)16-26(36)31(25)30(29)24-14-13-23(39-4)17-27(24)40-5/h6-14,17,21,30,34H,15-16H2,1-5H3,(H,33,35,37). The molecular formula is C32H33N3O5. The van der Waals surface area contributed by atoms with Crippen molar-refractivity contribution in [1.29, 1.82) is 0 Å². The van der Waals surface area contributed by atoms with Crippen LogP contribution in [-0.4, -0.2) is 38.0 Å². The lowest BCUT2D eigenvalue weighted by atomic mass is 9.71. The van der Waals surface area contributed by atoms with Crippen molar-refractivity contribution >= 4 is 17.5 Å². The molecule has 2 atom stereocenters. The lowest BCUT2D eigenvalue weighted by molar-refractivity contribution is -0.116. The first-order valence-electron chi connectivity index (χ1n) is 13.2. The lowest BCUT2D eigenvalue weighted by Crippen LogP contribution is -2.37. The van der Waals surface area contributed by atoms with Crippen LogP contribution in [0.3, 0.4) is 0 Å². The molecule has 3 aromatic rings. The summed E-state index contributed by atoms with van der Waals surface area (Å²) in [4.78, 5) is 32.3. The Hall–Kier alpha value is -4.59. The van der Waals surface area contributed by atoms with Crippen LogP contribution in [0.2, 0.25) is 0 Å². The van der Waals surface area contributed by atoms with Crippen LogP contribution in [0.1, 0.15) is 48.4 Å². The van der Waals surface area contributed by atoms with Gasteiger partial charge in [-0.2, -0.15) is 0 Å². The van der Waals surface area contributed by atoms with Gasteiger partial charge in [-0.3, -0.25) is 9.59 Å². The van der Waals surface area contributed by atoms with E-state index >= 15 is 0 Å². The summed E-state index contributed by atoms with van der Waals surface area (Å²) in [6.07, 6.45) is 0.962. The van der Waals surface area contributed by atoms with E-state index in [2.05, 4.69) is 15.6 Å². The van der Waals surface area contributed by atoms with Crippen molar-refractivity contribution in [2.24, 2.45) is 0 Å². The SMILES string of the molecule is COc1ccc(C2CC(=O)C3=C(C2)NC(C)=C(C(=O)Nc2cccc(C)n2)C3c2ccc(OC)cc2OC)cc1. The Labute approximate surface area is 234 Å². The number of aromatic nitrogens is 1. The zero-order valence-corrected chi connectivity index (χ0v) is 23.3. The van der Waals surface area contributed by atoms with E-state index < -0.39 is 5.92 Å². The second-order valence-electron chi connectivity index (χ2n) is 10.0. The number of Topliss-reactive ketones (excluding diaryl/α,β-unsaturated/α-hetero) is 1. The van der Waals surface area contributed by atoms with Gasteiger partial charge in [0, 0.05) is 46.3 Å². The van der Waals surface area contributed by atoms with Crippen molar-refractivity contribution in [2.45, 2.75) is 38.5 Å². The summed E-state index contributed by atoms with van der Waals surface area (Å²) in [6.45, 7) is 3.73. The number of carbonyl (C=O) groups is 2. The van der Waals surface area contributed by atoms with Gasteiger partial charge in [0.2, 0.25) is 0 Å². The van der Waals surface area contributed by atoms with Gasteiger partial charge in [0.1, 0.15) is 23.1 Å². The number of rotatable bonds is 7. The van der Waals surface area contributed by atoms with Crippen LogP contribution in [0, 0.1) is 6.92 Å². The molecule has 2 aromatic carbocycles. The molecular weight excluding hydrogens is 506 g/mol. The molecule has 0 saturated heterocycles. The zero-order chi connectivity index (χ0) is 28.4. The number of ketones is 1. The Morgan fingerprint density at radius 1 is 0.925 bits per heavy atom. The third-order valence-corrected chi connectivity index (χ3v) is 7.54. The molecule has 40 heavy (non-hydrogen) atoms. The van der Waals surface area contributed by atoms with E-state index in [1.165, 1.54) is 0 Å². The summed E-state index contributed by atoms with van der Waals surface area (Å²) in [5, 5.41) is 6.37. The molecule has 1 aliphatic carbocycles. The highest BCUT2D eigenvalue weighted by Gasteiger charge is 2.42. The number of hydrogen-bond donors (Lipinski definition) is 2. The maximum atomic E-state index is 14.0. The molecule has 8 nitrogen and oxygen atoms in total. The highest BCUT2D eigenvalue weighted by atomic mass is 16.5. The molecule has 0 spiro atoms. The van der Waals surface area contributed by atoms with E-state index in [0.29, 0.717) is 47.0 Å². The average Bonchev–Trinajstić information content (AvgIpc) is 2.96. The number of anilines is 1. The Morgan fingerprint density at radius 3 is 2.33 bits per heavy atom. The number of nitrogens with one attached hydrogen (secondary N) is 2. The highest BCUT2D eigenvalue weighted by molar-refractivity contribution is 6.09. The molecule has 0 saturated carbocycles. The minimum Gasteiger partial charge on any atom is -0.497 e. The van der Waals surface area contributed by atoms with Crippen molar-refractivity contribution in [3.05, 3.63) is 100 Å². The molecule has 206 valence electrons. The molecule has 2 unspecified atom stereocenters. The van der Waals surface area contributed by atoms with Crippen LogP contribution in [0.4, 0.5) is 5.82 Å². The molecule has 0 bridgehead atoms. The second kappa shape index (κ2) is 11.3. The number of amides is 1. The van der Waals surface area contributed by atoms with Gasteiger partial charge in [-0.1, -0.05) is 24.3 Å². The third kappa shape index (κ3) is 5.17. The van der Waals surface area contributed by atoms with E-state index in [0.717, 1.165) is 28.3 Å². The fourth-order valence-electron chi connectivity index (χ4n) is 5.62. The van der Waals surface area contributed by atoms with Crippen LogP contribution in [0.25, 0.3) is 0 Å². The average molecular weight is 540 g/mol. The highest BCUT2D eigenvalue weighted by Crippen LogP contribution is 2.48. The Kier molecular flexibility index (Phi) is 7.60. The van der Waals surface area contributed by atoms with E-state index in [1.807, 2.05) is 62.4 Å². The second-order valence-corrected chi connectivity index (χ2v) is 10.0. The summed E-state index contributed by atoms with van der Waals surface area (Å²) >= 11 is 0. The molecule has 1 amide bonds. The molecule has 0 fully saturated rings. The van der Waals surface area contributed by atoms with Gasteiger partial charge in [0.15, 0.2) is 5.78 Å². The van der Waals surface area contributed by atoms with E-state index in [-0.39, 0.29) is 17.6 Å². The predicted octanol–water partition coefficient (Wildman–Crippen LogP) is 5.42. The summed E-state index contributed by atoms with van der Waals surface area (Å²) in [6, 6.07) is 18.8. The number of pyridine rings is 1. The largest absolute Gasteiger partial charge is 0.497 e. The van der Waals surface area contributed by atoms with Crippen molar-refractivity contribution in [1.82, 2.24) is 10.3 Å². The van der Waals surface area contributed by atoms with Gasteiger partial charge < -0.3 is 24.8 Å². The first-order chi connectivity index (χ1) is 19.3. The quantitative estimate of drug-likeness (QED) is 0.414. The molecule has 2 aliphatic rings. The van der Waals surface area contributed by atoms with Crippen molar-refractivity contribution in [3.63, 3.8) is 0 Å². The predicted molar refractivity (Wildman–Crippen MR) is 153 cm³/mol. The summed E-state index contributed by atoms with van der Waals surface area (Å²) in [7, 11) is 4.79. The molecule has 8 heteroatoms. The van der Waals surface area contributed by atoms with E-state index in [1.54, 1.807) is 33.5 Å². The number of carbonyl (C=O) groups excluding carboxylic acids is 2. The van der Waals surface area contributed by atoms with Gasteiger partial charge in [0.05, 0.1) is 27.2 Å². The van der Waals surface area contributed by atoms with Gasteiger partial charge in [-0.25, -0.2) is 4.98 Å². The topological polar surface area (TPSA) is 98.8 Å². The summed E-state index contributed by atoms with van der Waals surface area (Å²) in [5.74, 6) is 1.40. The summed E-state index contributed by atoms with van der Waals surface area (Å²) < 4.78 is 16.5. The summed E-state index contributed by atoms with van der Waals surface area (Å²) in [5.41, 5.74) is 5.10. The van der Waals surface area contributed by atoms with Gasteiger partial charge in [-0.15, -0.1) is 0 Å². The maximum Gasteiger partial charge on any atom is 0.255 e. The first-order valence-corrected chi connectivity index (χ1v) is 13.2. The lowest BCUT2D eigenvalue weighted by Gasteiger charge is -2.37. The number of benzene rings is 2. The molecule has 2 heterocycles. The third-order valence-electron chi connectivity index (χ3n) is 7.54. The number of ether oxygens (including phenoxy) is 3. The fourth-order valence-corrected chi connectivity index (χ4v) is 5.62. The van der Waals surface area contributed by atoms with Gasteiger partial charge >= 0.3 is 0 Å². The van der Waals surface area contributed by atoms with Crippen LogP contribution >= 0.6 is 0 Å². The van der Waals surface area contributed by atoms with Crippen molar-refractivity contribution < 1.29 is 23.8 Å². The smallest absolute Gasteiger partial charge is 0.255 e. The van der Waals surface area contributed by atoms with Crippen LogP contribution in [0.15, 0.2) is 83.2 Å². The maximum absolute atomic E-state index is 14.0. The van der Waals surface area contributed by atoms with E-state index in [4.69, 9.17) is 14.2 Å². The first kappa shape index (κ1) is 27.0. The number of hydrogen-bond acceptors (Lipinski definition) is 7. The molecule has 1 aromatic heterocycles. The number of allylic oxidation sites excluding steroid dienone is 3. The van der Waals surface area contributed by atoms with Gasteiger partial charge in [-0.05, 0) is 62.1 Å². The number of aryl methyl sites for hydroxylation is 1. The molecule has 2 N–H and O–H groups in total. The van der Waals surface area contributed by atoms with Crippen molar-refractivity contribution in [2.75, 3.05) is 26.6 Å². The van der Waals surface area contributed by atoms with Gasteiger partial charge in [0.25, 0.3) is 5.91 Å². The number of methoxy groups -OCH3 is 3. The minimum absolute atomic E-state index is 0.00254. The number of nitrogens with zero attached hydrogens (tertiary/aromatic N) is 1. The van der Waals surface area contributed by atoms with Crippen LogP contribution in [0.5, 0.6) is 17.2 Å². The fraction of sp³-hybridized carbons (Fsp3) is 0.281. The number of dihydropyridines is 1. The van der Waals surface area contributed by atoms with Crippen LogP contribution in [-0.2, 0) is 9.59 Å². The monoisotopic (exact) mass is 539 g/mol. The zero-order valence-electron chi connectivity index (χ0n) is 23.3. The normalized spacial score (nSPS) is 18.6. The molecule has 5 rings (SSSR count). The van der Waals surface area contributed by atoms with E-state index in [9.17, 15) is 9.59 Å². The Balaban J connectivity index is 1.59. The molecule has 1 aliphatic heterocycles.